The number of hydrogen-bond acceptors (Lipinski definition) is 2. The summed E-state index contributed by atoms with van der Waals surface area (Å²) >= 11 is 0. The number of urea groups is 1. The molecular weight excluding hydrogens is 266 g/mol. The molecule has 1 aromatic rings. The number of likely N-dealkylation sites (tertiary alicyclic amines) is 1. The Bertz CT molecular complexity index is 482. The monoisotopic (exact) mass is 289 g/mol. The van der Waals surface area contributed by atoms with Crippen molar-refractivity contribution >= 4 is 11.9 Å². The first kappa shape index (κ1) is 15.4. The van der Waals surface area contributed by atoms with Gasteiger partial charge in [0.15, 0.2) is 0 Å². The largest absolute Gasteiger partial charge is 0.338 e. The smallest absolute Gasteiger partial charge is 0.317 e. The molecule has 0 atom stereocenters. The van der Waals surface area contributed by atoms with Crippen molar-refractivity contribution in [3.8, 4) is 0 Å². The lowest BCUT2D eigenvalue weighted by atomic mass is 10.0. The van der Waals surface area contributed by atoms with Gasteiger partial charge in [0.1, 0.15) is 0 Å². The summed E-state index contributed by atoms with van der Waals surface area (Å²) in [5.41, 5.74) is 0.728. The Morgan fingerprint density at radius 3 is 2.43 bits per heavy atom. The van der Waals surface area contributed by atoms with Crippen LogP contribution in [0.4, 0.5) is 4.79 Å². The van der Waals surface area contributed by atoms with Crippen LogP contribution in [0.2, 0.25) is 0 Å². The second-order valence-corrected chi connectivity index (χ2v) is 5.40. The highest BCUT2D eigenvalue weighted by molar-refractivity contribution is 5.94. The molecule has 5 nitrogen and oxygen atoms in total. The molecule has 1 fully saturated rings. The number of nitrogens with one attached hydrogen (secondary N) is 1. The molecule has 5 heteroatoms. The molecule has 0 saturated carbocycles. The maximum atomic E-state index is 12.3. The van der Waals surface area contributed by atoms with Crippen molar-refractivity contribution in [2.45, 2.75) is 25.8 Å². The highest BCUT2D eigenvalue weighted by atomic mass is 16.2. The van der Waals surface area contributed by atoms with Gasteiger partial charge in [-0.05, 0) is 31.9 Å². The van der Waals surface area contributed by atoms with E-state index in [1.54, 1.807) is 11.9 Å². The Kier molecular flexibility index (Phi) is 5.20. The summed E-state index contributed by atoms with van der Waals surface area (Å²) < 4.78 is 0. The highest BCUT2D eigenvalue weighted by Crippen LogP contribution is 2.14. The van der Waals surface area contributed by atoms with E-state index in [4.69, 9.17) is 0 Å². The van der Waals surface area contributed by atoms with E-state index in [9.17, 15) is 9.59 Å². The second-order valence-electron chi connectivity index (χ2n) is 5.40. The van der Waals surface area contributed by atoms with Crippen LogP contribution in [0.15, 0.2) is 30.3 Å². The minimum atomic E-state index is -0.0367. The van der Waals surface area contributed by atoms with Gasteiger partial charge in [-0.1, -0.05) is 18.2 Å². The third-order valence-electron chi connectivity index (χ3n) is 3.95. The average Bonchev–Trinajstić information content (AvgIpc) is 2.55. The van der Waals surface area contributed by atoms with Gasteiger partial charge in [0.2, 0.25) is 0 Å². The molecule has 1 saturated heterocycles. The highest BCUT2D eigenvalue weighted by Gasteiger charge is 2.24. The fourth-order valence-electron chi connectivity index (χ4n) is 2.42. The van der Waals surface area contributed by atoms with E-state index in [1.807, 2.05) is 42.2 Å². The molecule has 21 heavy (non-hydrogen) atoms. The van der Waals surface area contributed by atoms with Gasteiger partial charge in [0.25, 0.3) is 5.91 Å². The van der Waals surface area contributed by atoms with Crippen LogP contribution in [0.25, 0.3) is 0 Å². The van der Waals surface area contributed by atoms with E-state index in [0.29, 0.717) is 19.6 Å². The molecule has 1 heterocycles. The summed E-state index contributed by atoms with van der Waals surface area (Å²) in [7, 11) is 1.78. The maximum absolute atomic E-state index is 12.3. The average molecular weight is 289 g/mol. The lowest BCUT2D eigenvalue weighted by molar-refractivity contribution is 0.0707. The Morgan fingerprint density at radius 1 is 1.24 bits per heavy atom. The molecule has 0 spiro atoms. The predicted molar refractivity (Wildman–Crippen MR) is 82.2 cm³/mol. The number of hydrogen-bond donors (Lipinski definition) is 1. The van der Waals surface area contributed by atoms with Crippen LogP contribution in [0.3, 0.4) is 0 Å². The molecule has 1 N–H and O–H groups in total. The van der Waals surface area contributed by atoms with E-state index in [0.717, 1.165) is 18.4 Å². The number of amides is 3. The zero-order chi connectivity index (χ0) is 15.2. The molecule has 1 aromatic carbocycles. The second kappa shape index (κ2) is 7.11. The lowest BCUT2D eigenvalue weighted by Gasteiger charge is -2.33. The molecular formula is C16H23N3O2. The lowest BCUT2D eigenvalue weighted by Crippen LogP contribution is -2.49. The van der Waals surface area contributed by atoms with E-state index >= 15 is 0 Å². The van der Waals surface area contributed by atoms with Gasteiger partial charge in [-0.3, -0.25) is 4.79 Å². The number of rotatable bonds is 3. The van der Waals surface area contributed by atoms with E-state index < -0.39 is 0 Å². The summed E-state index contributed by atoms with van der Waals surface area (Å²) in [6.07, 6.45) is 1.61. The van der Waals surface area contributed by atoms with Crippen molar-refractivity contribution in [1.29, 1.82) is 0 Å². The third kappa shape index (κ3) is 3.97. The van der Waals surface area contributed by atoms with Gasteiger partial charge in [-0.25, -0.2) is 4.79 Å². The summed E-state index contributed by atoms with van der Waals surface area (Å²) in [6.45, 7) is 4.01. The van der Waals surface area contributed by atoms with Gasteiger partial charge in [-0.2, -0.15) is 0 Å². The van der Waals surface area contributed by atoms with Gasteiger partial charge in [-0.15, -0.1) is 0 Å². The Morgan fingerprint density at radius 2 is 1.86 bits per heavy atom. The van der Waals surface area contributed by atoms with Crippen LogP contribution in [0.5, 0.6) is 0 Å². The van der Waals surface area contributed by atoms with Crippen LogP contribution in [0, 0.1) is 0 Å². The number of nitrogens with zero attached hydrogens (tertiary/aromatic N) is 2. The fourth-order valence-corrected chi connectivity index (χ4v) is 2.42. The van der Waals surface area contributed by atoms with Gasteiger partial charge in [0, 0.05) is 38.3 Å². The standard InChI is InChI=1S/C16H23N3O2/c1-3-18(2)16(21)17-14-9-11-19(12-10-14)15(20)13-7-5-4-6-8-13/h4-8,14H,3,9-12H2,1-2H3,(H,17,21). The number of benzene rings is 1. The molecule has 0 unspecified atom stereocenters. The Balaban J connectivity index is 1.83. The van der Waals surface area contributed by atoms with Crippen LogP contribution in [-0.2, 0) is 0 Å². The third-order valence-corrected chi connectivity index (χ3v) is 3.95. The van der Waals surface area contributed by atoms with E-state index in [1.165, 1.54) is 0 Å². The quantitative estimate of drug-likeness (QED) is 0.924. The molecule has 2 rings (SSSR count). The molecule has 0 radical (unpaired) electrons. The zero-order valence-corrected chi connectivity index (χ0v) is 12.7. The van der Waals surface area contributed by atoms with E-state index in [-0.39, 0.29) is 18.0 Å². The van der Waals surface area contributed by atoms with E-state index in [2.05, 4.69) is 5.32 Å². The van der Waals surface area contributed by atoms with Crippen LogP contribution in [0.1, 0.15) is 30.1 Å². The molecule has 114 valence electrons. The predicted octanol–water partition coefficient (Wildman–Crippen LogP) is 1.95. The molecule has 1 aliphatic rings. The van der Waals surface area contributed by atoms with Crippen molar-refractivity contribution in [3.05, 3.63) is 35.9 Å². The molecule has 1 aliphatic heterocycles. The van der Waals surface area contributed by atoms with Gasteiger partial charge >= 0.3 is 6.03 Å². The summed E-state index contributed by atoms with van der Waals surface area (Å²) in [4.78, 5) is 27.6. The maximum Gasteiger partial charge on any atom is 0.317 e. The van der Waals surface area contributed by atoms with Crippen molar-refractivity contribution in [3.63, 3.8) is 0 Å². The van der Waals surface area contributed by atoms with Crippen LogP contribution >= 0.6 is 0 Å². The number of piperidine rings is 1. The number of carbonyl (C=O) groups excluding carboxylic acids is 2. The first-order valence-corrected chi connectivity index (χ1v) is 7.47. The summed E-state index contributed by atoms with van der Waals surface area (Å²) in [6, 6.07) is 9.46. The Hall–Kier alpha value is -2.04. The first-order valence-electron chi connectivity index (χ1n) is 7.47. The summed E-state index contributed by atoms with van der Waals surface area (Å²) in [5, 5.41) is 3.02. The van der Waals surface area contributed by atoms with Gasteiger partial charge < -0.3 is 15.1 Å². The van der Waals surface area contributed by atoms with Crippen LogP contribution < -0.4 is 5.32 Å². The Labute approximate surface area is 125 Å². The molecule has 3 amide bonds. The minimum Gasteiger partial charge on any atom is -0.338 e. The normalized spacial score (nSPS) is 15.6. The zero-order valence-electron chi connectivity index (χ0n) is 12.7. The number of carbonyl (C=O) groups is 2. The topological polar surface area (TPSA) is 52.7 Å². The molecule has 0 bridgehead atoms. The van der Waals surface area contributed by atoms with Crippen molar-refractivity contribution in [2.75, 3.05) is 26.7 Å². The SMILES string of the molecule is CCN(C)C(=O)NC1CCN(C(=O)c2ccccc2)CC1. The molecule has 0 aromatic heterocycles. The van der Waals surface area contributed by atoms with Crippen molar-refractivity contribution in [1.82, 2.24) is 15.1 Å². The first-order chi connectivity index (χ1) is 10.1. The molecule has 0 aliphatic carbocycles. The summed E-state index contributed by atoms with van der Waals surface area (Å²) in [5.74, 6) is 0.0750. The van der Waals surface area contributed by atoms with Crippen molar-refractivity contribution < 1.29 is 9.59 Å². The van der Waals surface area contributed by atoms with Gasteiger partial charge in [0.05, 0.1) is 0 Å². The van der Waals surface area contributed by atoms with Crippen molar-refractivity contribution in [2.24, 2.45) is 0 Å². The van der Waals surface area contributed by atoms with Crippen LogP contribution in [-0.4, -0.2) is 54.5 Å². The minimum absolute atomic E-state index is 0.0367. The fraction of sp³-hybridized carbons (Fsp3) is 0.500.